The molecule has 1 fully saturated rings. The highest BCUT2D eigenvalue weighted by Gasteiger charge is 2.30. The number of halogens is 4. The summed E-state index contributed by atoms with van der Waals surface area (Å²) in [5.74, 6) is 9.61. The van der Waals surface area contributed by atoms with Gasteiger partial charge in [0.25, 0.3) is 0 Å². The smallest absolute Gasteiger partial charge is 0.301 e. The minimum absolute atomic E-state index is 0.212. The summed E-state index contributed by atoms with van der Waals surface area (Å²) in [6, 6.07) is 11.0. The molecular weight excluding hydrogens is 488 g/mol. The standard InChI is InChI=1S/C25H27F4N5.H5N3/c1-2-33-12-14-34(15-13-33)11-10-22-30-23(16-18-6-8-21(26)9-7-18)32-24(31-22)19-4-3-5-20(17-19)25(27,28)29;1-3-2/h3-9,17H,2,10-16H2,1H3;3H,1-2H2. The highest BCUT2D eigenvalue weighted by molar-refractivity contribution is 5.56. The van der Waals surface area contributed by atoms with Crippen LogP contribution in [0.2, 0.25) is 0 Å². The molecule has 1 aliphatic heterocycles. The van der Waals surface area contributed by atoms with Crippen LogP contribution in [-0.4, -0.2) is 64.0 Å². The lowest BCUT2D eigenvalue weighted by Gasteiger charge is -2.33. The number of benzene rings is 2. The van der Waals surface area contributed by atoms with Crippen LogP contribution in [0.25, 0.3) is 11.4 Å². The monoisotopic (exact) mass is 520 g/mol. The lowest BCUT2D eigenvalue weighted by molar-refractivity contribution is -0.137. The Bertz CT molecular complexity index is 1120. The largest absolute Gasteiger partial charge is 0.416 e. The lowest BCUT2D eigenvalue weighted by Crippen LogP contribution is -2.46. The molecule has 2 heterocycles. The van der Waals surface area contributed by atoms with Crippen molar-refractivity contribution in [1.82, 2.24) is 30.3 Å². The molecule has 0 unspecified atom stereocenters. The number of likely N-dealkylation sites (N-methyl/N-ethyl adjacent to an activating group) is 1. The Balaban J connectivity index is 0.00000121. The summed E-state index contributed by atoms with van der Waals surface area (Å²) in [6.07, 6.45) is -3.56. The van der Waals surface area contributed by atoms with E-state index in [9.17, 15) is 17.6 Å². The Labute approximate surface area is 213 Å². The van der Waals surface area contributed by atoms with Gasteiger partial charge in [0.15, 0.2) is 5.82 Å². The van der Waals surface area contributed by atoms with E-state index in [0.29, 0.717) is 24.5 Å². The predicted octanol–water partition coefficient (Wildman–Crippen LogP) is 2.79. The van der Waals surface area contributed by atoms with Crippen LogP contribution in [0.3, 0.4) is 0 Å². The lowest BCUT2D eigenvalue weighted by atomic mass is 10.1. The Kier molecular flexibility index (Phi) is 10.4. The predicted molar refractivity (Wildman–Crippen MR) is 133 cm³/mol. The molecule has 200 valence electrons. The van der Waals surface area contributed by atoms with Gasteiger partial charge < -0.3 is 9.80 Å². The summed E-state index contributed by atoms with van der Waals surface area (Å²) in [5, 5.41) is 0. The molecule has 0 saturated carbocycles. The minimum atomic E-state index is -4.45. The highest BCUT2D eigenvalue weighted by Crippen LogP contribution is 2.31. The van der Waals surface area contributed by atoms with Crippen LogP contribution in [0, 0.1) is 5.82 Å². The number of hydrogen-bond donors (Lipinski definition) is 3. The molecule has 12 heteroatoms. The van der Waals surface area contributed by atoms with E-state index in [1.807, 2.05) is 0 Å². The second kappa shape index (κ2) is 13.5. The van der Waals surface area contributed by atoms with Crippen LogP contribution in [0.1, 0.15) is 29.7 Å². The van der Waals surface area contributed by atoms with Gasteiger partial charge in [-0.15, -0.1) is 0 Å². The van der Waals surface area contributed by atoms with Crippen LogP contribution in [0.5, 0.6) is 0 Å². The van der Waals surface area contributed by atoms with Gasteiger partial charge >= 0.3 is 6.18 Å². The third-order valence-electron chi connectivity index (χ3n) is 6.02. The van der Waals surface area contributed by atoms with Crippen molar-refractivity contribution < 1.29 is 17.6 Å². The molecule has 0 amide bonds. The van der Waals surface area contributed by atoms with E-state index in [4.69, 9.17) is 0 Å². The summed E-state index contributed by atoms with van der Waals surface area (Å²) < 4.78 is 53.0. The fourth-order valence-corrected chi connectivity index (χ4v) is 4.00. The van der Waals surface area contributed by atoms with Gasteiger partial charge in [0.2, 0.25) is 0 Å². The van der Waals surface area contributed by atoms with Gasteiger partial charge in [-0.3, -0.25) is 11.7 Å². The van der Waals surface area contributed by atoms with Crippen molar-refractivity contribution in [2.75, 3.05) is 39.3 Å². The van der Waals surface area contributed by atoms with Gasteiger partial charge in [0.1, 0.15) is 17.5 Å². The van der Waals surface area contributed by atoms with Crippen molar-refractivity contribution >= 4 is 0 Å². The molecule has 1 aliphatic rings. The SMILES string of the molecule is CCN1CCN(CCc2nc(Cc3ccc(F)cc3)nc(-c3cccc(C(F)(F)F)c3)n2)CC1.NNN. The summed E-state index contributed by atoms with van der Waals surface area (Å²) in [6.45, 7) is 7.90. The number of nitrogens with one attached hydrogen (secondary N) is 1. The van der Waals surface area contributed by atoms with Crippen molar-refractivity contribution in [3.05, 3.63) is 77.1 Å². The number of nitrogens with two attached hydrogens (primary N) is 2. The van der Waals surface area contributed by atoms with Crippen LogP contribution in [0.15, 0.2) is 48.5 Å². The average molecular weight is 521 g/mol. The van der Waals surface area contributed by atoms with Crippen molar-refractivity contribution in [3.63, 3.8) is 0 Å². The molecule has 0 aliphatic carbocycles. The van der Waals surface area contributed by atoms with Crippen LogP contribution in [0.4, 0.5) is 17.6 Å². The second-order valence-electron chi connectivity index (χ2n) is 8.57. The van der Waals surface area contributed by atoms with Gasteiger partial charge in [-0.2, -0.15) is 18.7 Å². The molecule has 1 aromatic heterocycles. The zero-order valence-corrected chi connectivity index (χ0v) is 20.7. The Morgan fingerprint density at radius 2 is 1.51 bits per heavy atom. The number of hydrazine groups is 2. The topological polar surface area (TPSA) is 109 Å². The molecule has 3 aromatic rings. The van der Waals surface area contributed by atoms with Crippen molar-refractivity contribution in [1.29, 1.82) is 0 Å². The fourth-order valence-electron chi connectivity index (χ4n) is 4.00. The third kappa shape index (κ3) is 8.79. The van der Waals surface area contributed by atoms with Crippen molar-refractivity contribution in [2.45, 2.75) is 25.9 Å². The molecule has 0 bridgehead atoms. The van der Waals surface area contributed by atoms with Crippen LogP contribution < -0.4 is 17.2 Å². The van der Waals surface area contributed by atoms with E-state index in [-0.39, 0.29) is 17.2 Å². The maximum Gasteiger partial charge on any atom is 0.416 e. The molecule has 1 saturated heterocycles. The van der Waals surface area contributed by atoms with Crippen LogP contribution in [-0.2, 0) is 19.0 Å². The number of alkyl halides is 3. The maximum absolute atomic E-state index is 13.3. The Hall–Kier alpha value is -3.03. The number of aromatic nitrogens is 3. The molecule has 37 heavy (non-hydrogen) atoms. The Morgan fingerprint density at radius 3 is 2.14 bits per heavy atom. The first kappa shape index (κ1) is 28.5. The van der Waals surface area contributed by atoms with E-state index in [2.05, 4.69) is 43.4 Å². The average Bonchev–Trinajstić information content (AvgIpc) is 2.89. The molecule has 4 rings (SSSR count). The van der Waals surface area contributed by atoms with E-state index in [1.54, 1.807) is 23.7 Å². The van der Waals surface area contributed by atoms with E-state index >= 15 is 0 Å². The first-order valence-corrected chi connectivity index (χ1v) is 12.0. The van der Waals surface area contributed by atoms with E-state index in [1.165, 1.54) is 18.2 Å². The second-order valence-corrected chi connectivity index (χ2v) is 8.57. The third-order valence-corrected chi connectivity index (χ3v) is 6.02. The summed E-state index contributed by atoms with van der Waals surface area (Å²) in [5.41, 5.74) is 2.10. The van der Waals surface area contributed by atoms with Gasteiger partial charge in [0, 0.05) is 51.1 Å². The molecular formula is C25H32F4N8. The first-order chi connectivity index (χ1) is 17.7. The molecule has 0 spiro atoms. The minimum Gasteiger partial charge on any atom is -0.301 e. The fraction of sp³-hybridized carbons (Fsp3) is 0.400. The van der Waals surface area contributed by atoms with Crippen LogP contribution >= 0.6 is 0 Å². The van der Waals surface area contributed by atoms with Crippen molar-refractivity contribution in [2.24, 2.45) is 11.7 Å². The first-order valence-electron chi connectivity index (χ1n) is 12.0. The zero-order chi connectivity index (χ0) is 26.8. The quantitative estimate of drug-likeness (QED) is 0.248. The summed E-state index contributed by atoms with van der Waals surface area (Å²) in [4.78, 5) is 18.3. The zero-order valence-electron chi connectivity index (χ0n) is 20.7. The van der Waals surface area contributed by atoms with Gasteiger partial charge in [-0.25, -0.2) is 19.3 Å². The molecule has 0 radical (unpaired) electrons. The van der Waals surface area contributed by atoms with Gasteiger partial charge in [-0.1, -0.05) is 31.2 Å². The van der Waals surface area contributed by atoms with Gasteiger partial charge in [-0.05, 0) is 36.4 Å². The van der Waals surface area contributed by atoms with Gasteiger partial charge in [0.05, 0.1) is 5.56 Å². The summed E-state index contributed by atoms with van der Waals surface area (Å²) in [7, 11) is 0. The number of nitrogens with zero attached hydrogens (tertiary/aromatic N) is 5. The number of rotatable bonds is 7. The summed E-state index contributed by atoms with van der Waals surface area (Å²) >= 11 is 0. The molecule has 2 aromatic carbocycles. The van der Waals surface area contributed by atoms with Crippen molar-refractivity contribution in [3.8, 4) is 11.4 Å². The van der Waals surface area contributed by atoms with E-state index in [0.717, 1.165) is 57.0 Å². The molecule has 5 N–H and O–H groups in total. The number of piperazine rings is 1. The Morgan fingerprint density at radius 1 is 0.892 bits per heavy atom. The normalized spacial score (nSPS) is 14.8. The molecule has 0 atom stereocenters. The molecule has 8 nitrogen and oxygen atoms in total. The number of hydrogen-bond acceptors (Lipinski definition) is 8. The highest BCUT2D eigenvalue weighted by atomic mass is 19.4. The van der Waals surface area contributed by atoms with E-state index < -0.39 is 11.7 Å². The maximum atomic E-state index is 13.3.